The third-order valence-electron chi connectivity index (χ3n) is 4.64. The van der Waals surface area contributed by atoms with Crippen molar-refractivity contribution in [1.29, 1.82) is 0 Å². The van der Waals surface area contributed by atoms with E-state index in [1.807, 2.05) is 6.08 Å². The number of hydrogen-bond donors (Lipinski definition) is 2. The van der Waals surface area contributed by atoms with Crippen molar-refractivity contribution < 1.29 is 4.79 Å². The van der Waals surface area contributed by atoms with E-state index >= 15 is 0 Å². The van der Waals surface area contributed by atoms with Gasteiger partial charge in [0.2, 0.25) is 11.5 Å². The summed E-state index contributed by atoms with van der Waals surface area (Å²) in [5, 5.41) is 4.40. The molecule has 0 fully saturated rings. The second-order valence-electron chi connectivity index (χ2n) is 6.17. The van der Waals surface area contributed by atoms with E-state index in [1.54, 1.807) is 35.4 Å². The third kappa shape index (κ3) is 2.73. The predicted molar refractivity (Wildman–Crippen MR) is 93.6 cm³/mol. The highest BCUT2D eigenvalue weighted by molar-refractivity contribution is 5.89. The molecule has 126 valence electrons. The molecule has 1 aliphatic carbocycles. The summed E-state index contributed by atoms with van der Waals surface area (Å²) in [4.78, 5) is 29.9. The Morgan fingerprint density at radius 1 is 1.36 bits per heavy atom. The van der Waals surface area contributed by atoms with Crippen LogP contribution in [0.15, 0.2) is 47.8 Å². The lowest BCUT2D eigenvalue weighted by molar-refractivity contribution is -0.121. The molecular weight excluding hydrogens is 318 g/mol. The number of pyridine rings is 1. The molecular formula is C18H17N5O2. The lowest BCUT2D eigenvalue weighted by Crippen LogP contribution is -2.24. The third-order valence-corrected chi connectivity index (χ3v) is 4.64. The van der Waals surface area contributed by atoms with E-state index in [2.05, 4.69) is 15.1 Å². The Morgan fingerprint density at radius 3 is 2.92 bits per heavy atom. The van der Waals surface area contributed by atoms with Crippen molar-refractivity contribution in [2.45, 2.75) is 19.3 Å². The SMILES string of the molecule is NC(=O)C1CC=C(c2nccn3ncc(-c4ccc(=O)[nH]c4)c23)CC1. The summed E-state index contributed by atoms with van der Waals surface area (Å²) in [5.41, 5.74) is 9.86. The standard InChI is InChI=1S/C18H17N5O2/c19-18(25)12-3-1-11(2-4-12)16-17-14(10-22-23(17)8-7-20-16)13-5-6-15(24)21-9-13/h1,5-10,12H,2-4H2,(H2,19,25)(H,21,24). The summed E-state index contributed by atoms with van der Waals surface area (Å²) < 4.78 is 1.78. The van der Waals surface area contributed by atoms with Gasteiger partial charge in [-0.25, -0.2) is 4.52 Å². The average Bonchev–Trinajstić information content (AvgIpc) is 3.07. The minimum atomic E-state index is -0.250. The maximum absolute atomic E-state index is 11.4. The number of primary amides is 1. The molecule has 0 saturated carbocycles. The Labute approximate surface area is 143 Å². The van der Waals surface area contributed by atoms with Gasteiger partial charge in [-0.2, -0.15) is 5.10 Å². The van der Waals surface area contributed by atoms with E-state index in [4.69, 9.17) is 5.73 Å². The van der Waals surface area contributed by atoms with Gasteiger partial charge in [0, 0.05) is 41.7 Å². The second-order valence-corrected chi connectivity index (χ2v) is 6.17. The number of carbonyl (C=O) groups is 1. The molecule has 1 atom stereocenters. The first-order chi connectivity index (χ1) is 12.1. The van der Waals surface area contributed by atoms with Gasteiger partial charge < -0.3 is 10.7 Å². The summed E-state index contributed by atoms with van der Waals surface area (Å²) in [6.07, 6.45) is 11.1. The minimum absolute atomic E-state index is 0.105. The smallest absolute Gasteiger partial charge is 0.247 e. The monoisotopic (exact) mass is 335 g/mol. The molecule has 7 heteroatoms. The van der Waals surface area contributed by atoms with Gasteiger partial charge >= 0.3 is 0 Å². The van der Waals surface area contributed by atoms with E-state index in [9.17, 15) is 9.59 Å². The van der Waals surface area contributed by atoms with E-state index in [1.165, 1.54) is 6.07 Å². The number of nitrogens with zero attached hydrogens (tertiary/aromatic N) is 3. The maximum atomic E-state index is 11.4. The summed E-state index contributed by atoms with van der Waals surface area (Å²) >= 11 is 0. The maximum Gasteiger partial charge on any atom is 0.247 e. The summed E-state index contributed by atoms with van der Waals surface area (Å²) in [7, 11) is 0. The highest BCUT2D eigenvalue weighted by atomic mass is 16.1. The number of H-pyrrole nitrogens is 1. The molecule has 3 heterocycles. The van der Waals surface area contributed by atoms with Crippen molar-refractivity contribution in [3.8, 4) is 11.1 Å². The van der Waals surface area contributed by atoms with Crippen LogP contribution >= 0.6 is 0 Å². The second kappa shape index (κ2) is 6.01. The number of nitrogens with one attached hydrogen (secondary N) is 1. The average molecular weight is 335 g/mol. The molecule has 25 heavy (non-hydrogen) atoms. The minimum Gasteiger partial charge on any atom is -0.369 e. The summed E-state index contributed by atoms with van der Waals surface area (Å²) in [5.74, 6) is -0.355. The van der Waals surface area contributed by atoms with Gasteiger partial charge in [-0.3, -0.25) is 14.6 Å². The zero-order valence-electron chi connectivity index (χ0n) is 13.5. The number of rotatable bonds is 3. The quantitative estimate of drug-likeness (QED) is 0.760. The fraction of sp³-hybridized carbons (Fsp3) is 0.222. The number of fused-ring (bicyclic) bond motifs is 1. The number of aromatic amines is 1. The van der Waals surface area contributed by atoms with Crippen LogP contribution in [0.1, 0.15) is 25.0 Å². The molecule has 0 spiro atoms. The number of amides is 1. The van der Waals surface area contributed by atoms with Crippen LogP contribution < -0.4 is 11.3 Å². The van der Waals surface area contributed by atoms with E-state index in [0.717, 1.165) is 40.8 Å². The lowest BCUT2D eigenvalue weighted by atomic mass is 9.87. The summed E-state index contributed by atoms with van der Waals surface area (Å²) in [6, 6.07) is 3.26. The molecule has 1 unspecified atom stereocenters. The van der Waals surface area contributed by atoms with Gasteiger partial charge in [0.25, 0.3) is 0 Å². The van der Waals surface area contributed by atoms with Gasteiger partial charge in [-0.05, 0) is 30.9 Å². The number of nitrogens with two attached hydrogens (primary N) is 1. The summed E-state index contributed by atoms with van der Waals surface area (Å²) in [6.45, 7) is 0. The van der Waals surface area contributed by atoms with Crippen LogP contribution in [0.5, 0.6) is 0 Å². The van der Waals surface area contributed by atoms with Crippen LogP contribution in [0.4, 0.5) is 0 Å². The molecule has 0 aromatic carbocycles. The van der Waals surface area contributed by atoms with E-state index < -0.39 is 0 Å². The molecule has 1 aliphatic rings. The van der Waals surface area contributed by atoms with Crippen molar-refractivity contribution in [2.75, 3.05) is 0 Å². The van der Waals surface area contributed by atoms with Gasteiger partial charge in [-0.1, -0.05) is 6.08 Å². The molecule has 1 amide bonds. The van der Waals surface area contributed by atoms with Crippen LogP contribution in [-0.2, 0) is 4.79 Å². The fourth-order valence-electron chi connectivity index (χ4n) is 3.28. The van der Waals surface area contributed by atoms with Crippen LogP contribution in [0.2, 0.25) is 0 Å². The van der Waals surface area contributed by atoms with Crippen molar-refractivity contribution in [3.63, 3.8) is 0 Å². The van der Waals surface area contributed by atoms with Crippen LogP contribution in [0.25, 0.3) is 22.2 Å². The van der Waals surface area contributed by atoms with E-state index in [0.29, 0.717) is 6.42 Å². The Hall–Kier alpha value is -3.22. The van der Waals surface area contributed by atoms with Gasteiger partial charge in [0.05, 0.1) is 17.4 Å². The van der Waals surface area contributed by atoms with Crippen molar-refractivity contribution >= 4 is 17.0 Å². The van der Waals surface area contributed by atoms with E-state index in [-0.39, 0.29) is 17.4 Å². The van der Waals surface area contributed by atoms with Crippen LogP contribution in [-0.4, -0.2) is 25.5 Å². The zero-order valence-corrected chi connectivity index (χ0v) is 13.5. The van der Waals surface area contributed by atoms with Crippen molar-refractivity contribution in [3.05, 3.63) is 59.0 Å². The largest absolute Gasteiger partial charge is 0.369 e. The first kappa shape index (κ1) is 15.3. The first-order valence-corrected chi connectivity index (χ1v) is 8.13. The molecule has 4 rings (SSSR count). The molecule has 0 saturated heterocycles. The fourth-order valence-corrected chi connectivity index (χ4v) is 3.28. The number of aromatic nitrogens is 4. The highest BCUT2D eigenvalue weighted by Crippen LogP contribution is 2.34. The van der Waals surface area contributed by atoms with Crippen molar-refractivity contribution in [1.82, 2.24) is 19.6 Å². The predicted octanol–water partition coefficient (Wildman–Crippen LogP) is 1.75. The number of carbonyl (C=O) groups excluding carboxylic acids is 1. The zero-order chi connectivity index (χ0) is 17.4. The Morgan fingerprint density at radius 2 is 2.24 bits per heavy atom. The lowest BCUT2D eigenvalue weighted by Gasteiger charge is -2.19. The highest BCUT2D eigenvalue weighted by Gasteiger charge is 2.22. The molecule has 0 radical (unpaired) electrons. The number of allylic oxidation sites excluding steroid dienone is 2. The Kier molecular flexibility index (Phi) is 3.68. The molecule has 0 bridgehead atoms. The van der Waals surface area contributed by atoms with Crippen LogP contribution in [0, 0.1) is 5.92 Å². The normalized spacial score (nSPS) is 17.4. The van der Waals surface area contributed by atoms with Crippen molar-refractivity contribution in [2.24, 2.45) is 11.7 Å². The first-order valence-electron chi connectivity index (χ1n) is 8.13. The molecule has 3 aromatic heterocycles. The topological polar surface area (TPSA) is 106 Å². The Balaban J connectivity index is 1.83. The number of hydrogen-bond acceptors (Lipinski definition) is 4. The molecule has 3 N–H and O–H groups in total. The van der Waals surface area contributed by atoms with Gasteiger partial charge in [0.1, 0.15) is 0 Å². The molecule has 7 nitrogen and oxygen atoms in total. The van der Waals surface area contributed by atoms with Gasteiger partial charge in [0.15, 0.2) is 0 Å². The molecule has 3 aromatic rings. The molecule has 0 aliphatic heterocycles. The Bertz CT molecular complexity index is 1030. The van der Waals surface area contributed by atoms with Gasteiger partial charge in [-0.15, -0.1) is 0 Å². The van der Waals surface area contributed by atoms with Crippen LogP contribution in [0.3, 0.4) is 0 Å².